The minimum Gasteiger partial charge on any atom is -0.489 e. The van der Waals surface area contributed by atoms with Crippen LogP contribution >= 0.6 is 24.0 Å². The second kappa shape index (κ2) is 13.4. The molecule has 0 saturated carbocycles. The second-order valence-electron chi connectivity index (χ2n) is 6.72. The number of benzene rings is 2. The van der Waals surface area contributed by atoms with Crippen molar-refractivity contribution in [2.24, 2.45) is 4.99 Å². The molecule has 29 heavy (non-hydrogen) atoms. The minimum absolute atomic E-state index is 0. The van der Waals surface area contributed by atoms with Gasteiger partial charge in [-0.15, -0.1) is 24.0 Å². The average Bonchev–Trinajstić information content (AvgIpc) is 2.77. The number of hydrogen-bond donors (Lipinski definition) is 2. The summed E-state index contributed by atoms with van der Waals surface area (Å²) in [5.41, 5.74) is 2.36. The maximum absolute atomic E-state index is 5.79. The number of halogens is 1. The van der Waals surface area contributed by atoms with Crippen LogP contribution in [0.15, 0.2) is 59.6 Å². The Hall–Kier alpha value is -1.84. The smallest absolute Gasteiger partial charge is 0.191 e. The first-order chi connectivity index (χ1) is 13.8. The molecule has 3 rings (SSSR count). The Labute approximate surface area is 190 Å². The molecule has 1 aliphatic heterocycles. The third-order valence-corrected chi connectivity index (χ3v) is 4.68. The maximum atomic E-state index is 5.79. The Balaban J connectivity index is 0.00000300. The molecule has 0 spiro atoms. The lowest BCUT2D eigenvalue weighted by molar-refractivity contribution is 0.0389. The quantitative estimate of drug-likeness (QED) is 0.325. The average molecular weight is 510 g/mol. The van der Waals surface area contributed by atoms with Crippen molar-refractivity contribution < 1.29 is 9.47 Å². The van der Waals surface area contributed by atoms with Gasteiger partial charge in [0.2, 0.25) is 0 Å². The van der Waals surface area contributed by atoms with Crippen molar-refractivity contribution in [1.29, 1.82) is 0 Å². The van der Waals surface area contributed by atoms with Crippen LogP contribution in [0, 0.1) is 0 Å². The molecule has 2 aromatic rings. The van der Waals surface area contributed by atoms with Crippen LogP contribution in [0.3, 0.4) is 0 Å². The van der Waals surface area contributed by atoms with Crippen molar-refractivity contribution in [3.63, 3.8) is 0 Å². The van der Waals surface area contributed by atoms with E-state index in [1.807, 2.05) is 30.3 Å². The van der Waals surface area contributed by atoms with Gasteiger partial charge in [-0.2, -0.15) is 0 Å². The zero-order chi connectivity index (χ0) is 19.4. The van der Waals surface area contributed by atoms with Gasteiger partial charge >= 0.3 is 0 Å². The first-order valence-corrected chi connectivity index (χ1v) is 9.84. The number of aliphatic imine (C=N–C) groups is 1. The van der Waals surface area contributed by atoms with E-state index in [1.165, 1.54) is 5.56 Å². The summed E-state index contributed by atoms with van der Waals surface area (Å²) in [7, 11) is 1.80. The fraction of sp³-hybridized carbons (Fsp3) is 0.409. The zero-order valence-electron chi connectivity index (χ0n) is 17.0. The van der Waals surface area contributed by atoms with Crippen LogP contribution in [0.4, 0.5) is 0 Å². The van der Waals surface area contributed by atoms with Gasteiger partial charge in [-0.3, -0.25) is 9.89 Å². The van der Waals surface area contributed by atoms with E-state index in [0.717, 1.165) is 63.2 Å². The molecule has 2 N–H and O–H groups in total. The number of rotatable bonds is 8. The molecule has 1 fully saturated rings. The summed E-state index contributed by atoms with van der Waals surface area (Å²) < 4.78 is 11.2. The molecule has 158 valence electrons. The Bertz CT molecular complexity index is 719. The third kappa shape index (κ3) is 8.59. The molecule has 6 nitrogen and oxygen atoms in total. The van der Waals surface area contributed by atoms with E-state index in [0.29, 0.717) is 6.61 Å². The third-order valence-electron chi connectivity index (χ3n) is 4.68. The monoisotopic (exact) mass is 510 g/mol. The van der Waals surface area contributed by atoms with Crippen LogP contribution in [0.1, 0.15) is 11.1 Å². The lowest BCUT2D eigenvalue weighted by Gasteiger charge is -2.26. The van der Waals surface area contributed by atoms with Gasteiger partial charge < -0.3 is 20.1 Å². The zero-order valence-corrected chi connectivity index (χ0v) is 19.3. The highest BCUT2D eigenvalue weighted by atomic mass is 127. The summed E-state index contributed by atoms with van der Waals surface area (Å²) >= 11 is 0. The van der Waals surface area contributed by atoms with E-state index in [1.54, 1.807) is 7.05 Å². The van der Waals surface area contributed by atoms with Gasteiger partial charge in [-0.1, -0.05) is 42.5 Å². The first-order valence-electron chi connectivity index (χ1n) is 9.84. The van der Waals surface area contributed by atoms with Crippen molar-refractivity contribution in [2.75, 3.05) is 46.4 Å². The molecule has 0 aromatic heterocycles. The summed E-state index contributed by atoms with van der Waals surface area (Å²) in [4.78, 5) is 6.70. The number of ether oxygens (including phenoxy) is 2. The molecule has 2 aromatic carbocycles. The Morgan fingerprint density at radius 1 is 1.00 bits per heavy atom. The molecule has 0 bridgehead atoms. The van der Waals surface area contributed by atoms with Crippen molar-refractivity contribution in [3.8, 4) is 5.75 Å². The van der Waals surface area contributed by atoms with Crippen LogP contribution < -0.4 is 15.4 Å². The molecule has 0 amide bonds. The molecule has 1 heterocycles. The van der Waals surface area contributed by atoms with Crippen LogP contribution in [0.25, 0.3) is 0 Å². The lowest BCUT2D eigenvalue weighted by atomic mass is 10.1. The van der Waals surface area contributed by atoms with Crippen LogP contribution in [0.5, 0.6) is 5.75 Å². The number of para-hydroxylation sites is 1. The van der Waals surface area contributed by atoms with Gasteiger partial charge in [-0.05, 0) is 23.3 Å². The van der Waals surface area contributed by atoms with Gasteiger partial charge in [0.05, 0.1) is 13.2 Å². The molecule has 0 radical (unpaired) electrons. The summed E-state index contributed by atoms with van der Waals surface area (Å²) in [6.45, 7) is 6.86. The number of hydrogen-bond acceptors (Lipinski definition) is 4. The SMILES string of the molecule is CN=C(NCCN1CCOCC1)NCc1ccc(COc2ccccc2)cc1.I. The van der Waals surface area contributed by atoms with Gasteiger partial charge in [0.1, 0.15) is 12.4 Å². The summed E-state index contributed by atoms with van der Waals surface area (Å²) in [6, 6.07) is 18.3. The summed E-state index contributed by atoms with van der Waals surface area (Å²) in [5.74, 6) is 1.71. The standard InChI is InChI=1S/C22H30N4O2.HI/c1-23-22(24-11-12-26-13-15-27-16-14-26)25-17-19-7-9-20(10-8-19)18-28-21-5-3-2-4-6-21;/h2-10H,11-18H2,1H3,(H2,23,24,25);1H. The van der Waals surface area contributed by atoms with Crippen LogP contribution in [-0.4, -0.2) is 57.3 Å². The van der Waals surface area contributed by atoms with E-state index in [9.17, 15) is 0 Å². The fourth-order valence-corrected chi connectivity index (χ4v) is 3.00. The van der Waals surface area contributed by atoms with Crippen molar-refractivity contribution in [3.05, 3.63) is 65.7 Å². The Kier molecular flexibility index (Phi) is 10.8. The predicted molar refractivity (Wildman–Crippen MR) is 128 cm³/mol. The topological polar surface area (TPSA) is 58.1 Å². The molecule has 0 atom stereocenters. The maximum Gasteiger partial charge on any atom is 0.191 e. The van der Waals surface area contributed by atoms with Crippen molar-refractivity contribution in [2.45, 2.75) is 13.2 Å². The normalized spacial score (nSPS) is 14.7. The van der Waals surface area contributed by atoms with E-state index >= 15 is 0 Å². The molecule has 1 aliphatic rings. The molecular formula is C22H31IN4O2. The Morgan fingerprint density at radius 3 is 2.38 bits per heavy atom. The molecule has 7 heteroatoms. The van der Waals surface area contributed by atoms with E-state index in [2.05, 4.69) is 44.8 Å². The highest BCUT2D eigenvalue weighted by molar-refractivity contribution is 14.0. The Morgan fingerprint density at radius 2 is 1.69 bits per heavy atom. The largest absolute Gasteiger partial charge is 0.489 e. The summed E-state index contributed by atoms with van der Waals surface area (Å²) in [5, 5.41) is 6.74. The van der Waals surface area contributed by atoms with Gasteiger partial charge in [0, 0.05) is 39.8 Å². The molecular weight excluding hydrogens is 479 g/mol. The lowest BCUT2D eigenvalue weighted by Crippen LogP contribution is -2.44. The second-order valence-corrected chi connectivity index (χ2v) is 6.72. The number of morpholine rings is 1. The van der Waals surface area contributed by atoms with E-state index in [-0.39, 0.29) is 24.0 Å². The number of nitrogens with zero attached hydrogens (tertiary/aromatic N) is 2. The minimum atomic E-state index is 0. The highest BCUT2D eigenvalue weighted by Crippen LogP contribution is 2.12. The summed E-state index contributed by atoms with van der Waals surface area (Å²) in [6.07, 6.45) is 0. The fourth-order valence-electron chi connectivity index (χ4n) is 3.00. The van der Waals surface area contributed by atoms with Gasteiger partial charge in [-0.25, -0.2) is 0 Å². The van der Waals surface area contributed by atoms with E-state index < -0.39 is 0 Å². The highest BCUT2D eigenvalue weighted by Gasteiger charge is 2.09. The van der Waals surface area contributed by atoms with Gasteiger partial charge in [0.15, 0.2) is 5.96 Å². The van der Waals surface area contributed by atoms with Crippen LogP contribution in [0.2, 0.25) is 0 Å². The van der Waals surface area contributed by atoms with E-state index in [4.69, 9.17) is 9.47 Å². The van der Waals surface area contributed by atoms with Crippen molar-refractivity contribution in [1.82, 2.24) is 15.5 Å². The first kappa shape index (κ1) is 23.4. The van der Waals surface area contributed by atoms with Crippen LogP contribution in [-0.2, 0) is 17.9 Å². The molecule has 0 aliphatic carbocycles. The molecule has 1 saturated heterocycles. The van der Waals surface area contributed by atoms with Gasteiger partial charge in [0.25, 0.3) is 0 Å². The van der Waals surface area contributed by atoms with Crippen molar-refractivity contribution >= 4 is 29.9 Å². The number of guanidine groups is 1. The predicted octanol–water partition coefficient (Wildman–Crippen LogP) is 2.88. The number of nitrogens with one attached hydrogen (secondary N) is 2. The molecule has 0 unspecified atom stereocenters.